The number of benzene rings is 2. The molecule has 0 radical (unpaired) electrons. The Morgan fingerprint density at radius 3 is 2.50 bits per heavy atom. The molecule has 2 N–H and O–H groups in total. The molecule has 5 heteroatoms. The van der Waals surface area contributed by atoms with Crippen LogP contribution in [0.2, 0.25) is 0 Å². The molecule has 5 nitrogen and oxygen atoms in total. The number of para-hydroxylation sites is 1. The third kappa shape index (κ3) is 4.36. The minimum absolute atomic E-state index is 0.202. The topological polar surface area (TPSA) is 77.8 Å². The summed E-state index contributed by atoms with van der Waals surface area (Å²) >= 11 is 0. The minimum Gasteiger partial charge on any atom is -0.354 e. The summed E-state index contributed by atoms with van der Waals surface area (Å²) in [5, 5.41) is 15.1. The van der Waals surface area contributed by atoms with Crippen LogP contribution in [-0.4, -0.2) is 10.9 Å². The molecule has 0 aliphatic carbocycles. The van der Waals surface area contributed by atoms with Gasteiger partial charge in [0, 0.05) is 17.6 Å². The highest BCUT2D eigenvalue weighted by Gasteiger charge is 2.14. The van der Waals surface area contributed by atoms with Gasteiger partial charge in [0.05, 0.1) is 29.1 Å². The van der Waals surface area contributed by atoms with Crippen molar-refractivity contribution in [2.24, 2.45) is 0 Å². The van der Waals surface area contributed by atoms with E-state index in [4.69, 9.17) is 5.26 Å². The van der Waals surface area contributed by atoms with Gasteiger partial charge in [-0.05, 0) is 54.3 Å². The SMILES string of the molecule is Cc1cccc(C(C)C)c1NC(=O)c1cncc(Nc2ccc(C#N)cc2)c1. The predicted octanol–water partition coefficient (Wildman–Crippen LogP) is 5.38. The number of hydrogen-bond acceptors (Lipinski definition) is 4. The average molecular weight is 370 g/mol. The number of pyridine rings is 1. The number of nitrogens with one attached hydrogen (secondary N) is 2. The zero-order chi connectivity index (χ0) is 20.1. The van der Waals surface area contributed by atoms with Crippen molar-refractivity contribution in [1.29, 1.82) is 5.26 Å². The molecule has 0 saturated heterocycles. The van der Waals surface area contributed by atoms with Crippen molar-refractivity contribution >= 4 is 23.0 Å². The lowest BCUT2D eigenvalue weighted by atomic mass is 9.98. The van der Waals surface area contributed by atoms with Crippen LogP contribution in [0.15, 0.2) is 60.9 Å². The number of nitrogens with zero attached hydrogens (tertiary/aromatic N) is 2. The highest BCUT2D eigenvalue weighted by molar-refractivity contribution is 6.05. The van der Waals surface area contributed by atoms with Crippen LogP contribution in [-0.2, 0) is 0 Å². The lowest BCUT2D eigenvalue weighted by molar-refractivity contribution is 0.102. The minimum atomic E-state index is -0.202. The summed E-state index contributed by atoms with van der Waals surface area (Å²) in [5.41, 5.74) is 5.57. The van der Waals surface area contributed by atoms with Crippen LogP contribution in [0, 0.1) is 18.3 Å². The fourth-order valence-electron chi connectivity index (χ4n) is 2.96. The molecule has 0 atom stereocenters. The molecule has 1 amide bonds. The van der Waals surface area contributed by atoms with Gasteiger partial charge in [-0.1, -0.05) is 32.0 Å². The van der Waals surface area contributed by atoms with Gasteiger partial charge in [0.1, 0.15) is 0 Å². The number of nitriles is 1. The number of anilines is 3. The monoisotopic (exact) mass is 370 g/mol. The molecule has 0 aliphatic rings. The number of amides is 1. The highest BCUT2D eigenvalue weighted by Crippen LogP contribution is 2.28. The van der Waals surface area contributed by atoms with Crippen LogP contribution in [0.5, 0.6) is 0 Å². The van der Waals surface area contributed by atoms with Crippen LogP contribution in [0.1, 0.15) is 46.8 Å². The smallest absolute Gasteiger partial charge is 0.257 e. The van der Waals surface area contributed by atoms with Gasteiger partial charge >= 0.3 is 0 Å². The van der Waals surface area contributed by atoms with Crippen LogP contribution in [0.4, 0.5) is 17.1 Å². The van der Waals surface area contributed by atoms with Gasteiger partial charge < -0.3 is 10.6 Å². The van der Waals surface area contributed by atoms with Crippen molar-refractivity contribution in [3.05, 3.63) is 83.2 Å². The first kappa shape index (κ1) is 19.1. The average Bonchev–Trinajstić information content (AvgIpc) is 2.70. The molecule has 0 spiro atoms. The summed E-state index contributed by atoms with van der Waals surface area (Å²) < 4.78 is 0. The van der Waals surface area contributed by atoms with E-state index >= 15 is 0 Å². The maximum Gasteiger partial charge on any atom is 0.257 e. The molecule has 28 heavy (non-hydrogen) atoms. The molecular formula is C23H22N4O. The van der Waals surface area contributed by atoms with Crippen LogP contribution in [0.25, 0.3) is 0 Å². The molecule has 3 aromatic rings. The molecule has 1 heterocycles. The largest absolute Gasteiger partial charge is 0.354 e. The molecule has 0 saturated carbocycles. The van der Waals surface area contributed by atoms with Crippen molar-refractivity contribution in [3.8, 4) is 6.07 Å². The molecule has 0 unspecified atom stereocenters. The van der Waals surface area contributed by atoms with Gasteiger partial charge in [-0.15, -0.1) is 0 Å². The second-order valence-electron chi connectivity index (χ2n) is 6.92. The van der Waals surface area contributed by atoms with Crippen molar-refractivity contribution in [3.63, 3.8) is 0 Å². The number of aromatic nitrogens is 1. The van der Waals surface area contributed by atoms with E-state index in [1.165, 1.54) is 0 Å². The van der Waals surface area contributed by atoms with Gasteiger partial charge in [0.2, 0.25) is 0 Å². The summed E-state index contributed by atoms with van der Waals surface area (Å²) in [6, 6.07) is 17.0. The number of carbonyl (C=O) groups excluding carboxylic acids is 1. The van der Waals surface area contributed by atoms with E-state index < -0.39 is 0 Å². The first-order valence-electron chi connectivity index (χ1n) is 9.11. The molecule has 0 aliphatic heterocycles. The van der Waals surface area contributed by atoms with E-state index in [9.17, 15) is 4.79 Å². The molecule has 2 aromatic carbocycles. The number of hydrogen-bond donors (Lipinski definition) is 2. The van der Waals surface area contributed by atoms with Gasteiger partial charge in [0.25, 0.3) is 5.91 Å². The number of rotatable bonds is 5. The molecule has 0 fully saturated rings. The van der Waals surface area contributed by atoms with Crippen LogP contribution < -0.4 is 10.6 Å². The molecule has 1 aromatic heterocycles. The normalized spacial score (nSPS) is 10.4. The van der Waals surface area contributed by atoms with E-state index in [1.807, 2.05) is 37.3 Å². The first-order valence-corrected chi connectivity index (χ1v) is 9.11. The predicted molar refractivity (Wildman–Crippen MR) is 112 cm³/mol. The van der Waals surface area contributed by atoms with E-state index in [0.717, 1.165) is 22.5 Å². The molecule has 0 bridgehead atoms. The Morgan fingerprint density at radius 2 is 1.82 bits per heavy atom. The van der Waals surface area contributed by atoms with E-state index in [0.29, 0.717) is 22.7 Å². The summed E-state index contributed by atoms with van der Waals surface area (Å²) in [6.45, 7) is 6.20. The Labute approximate surface area is 165 Å². The number of carbonyl (C=O) groups is 1. The van der Waals surface area contributed by atoms with Crippen molar-refractivity contribution in [2.75, 3.05) is 10.6 Å². The molecule has 3 rings (SSSR count). The number of aryl methyl sites for hydroxylation is 1. The van der Waals surface area contributed by atoms with E-state index in [1.54, 1.807) is 30.6 Å². The fraction of sp³-hybridized carbons (Fsp3) is 0.174. The van der Waals surface area contributed by atoms with Crippen molar-refractivity contribution < 1.29 is 4.79 Å². The molecule has 140 valence electrons. The summed E-state index contributed by atoms with van der Waals surface area (Å²) in [6.07, 6.45) is 3.20. The van der Waals surface area contributed by atoms with Gasteiger partial charge in [0.15, 0.2) is 0 Å². The Hall–Kier alpha value is -3.65. The summed E-state index contributed by atoms with van der Waals surface area (Å²) in [7, 11) is 0. The van der Waals surface area contributed by atoms with Crippen LogP contribution in [0.3, 0.4) is 0 Å². The second kappa shape index (κ2) is 8.36. The molecular weight excluding hydrogens is 348 g/mol. The quantitative estimate of drug-likeness (QED) is 0.632. The van der Waals surface area contributed by atoms with E-state index in [2.05, 4.69) is 35.5 Å². The lowest BCUT2D eigenvalue weighted by Gasteiger charge is -2.16. The Kier molecular flexibility index (Phi) is 5.71. The summed E-state index contributed by atoms with van der Waals surface area (Å²) in [4.78, 5) is 17.0. The van der Waals surface area contributed by atoms with Gasteiger partial charge in [-0.25, -0.2) is 0 Å². The van der Waals surface area contributed by atoms with Gasteiger partial charge in [-0.3, -0.25) is 9.78 Å². The lowest BCUT2D eigenvalue weighted by Crippen LogP contribution is -2.15. The van der Waals surface area contributed by atoms with Crippen molar-refractivity contribution in [1.82, 2.24) is 4.98 Å². The Morgan fingerprint density at radius 1 is 1.07 bits per heavy atom. The van der Waals surface area contributed by atoms with Gasteiger partial charge in [-0.2, -0.15) is 5.26 Å². The second-order valence-corrected chi connectivity index (χ2v) is 6.92. The highest BCUT2D eigenvalue weighted by atomic mass is 16.1. The van der Waals surface area contributed by atoms with E-state index in [-0.39, 0.29) is 5.91 Å². The third-order valence-corrected chi connectivity index (χ3v) is 4.47. The third-order valence-electron chi connectivity index (χ3n) is 4.47. The fourth-order valence-corrected chi connectivity index (χ4v) is 2.96. The maximum absolute atomic E-state index is 12.8. The zero-order valence-corrected chi connectivity index (χ0v) is 16.2. The first-order chi connectivity index (χ1) is 13.5. The Balaban J connectivity index is 1.80. The standard InChI is InChI=1S/C23H22N4O/c1-15(2)21-6-4-5-16(3)22(21)27-23(28)18-11-20(14-25-13-18)26-19-9-7-17(12-24)8-10-19/h4-11,13-15,26H,1-3H3,(H,27,28). The maximum atomic E-state index is 12.8. The van der Waals surface area contributed by atoms with Crippen LogP contribution >= 0.6 is 0 Å². The summed E-state index contributed by atoms with van der Waals surface area (Å²) in [5.74, 6) is 0.102. The van der Waals surface area contributed by atoms with Crippen molar-refractivity contribution in [2.45, 2.75) is 26.7 Å². The zero-order valence-electron chi connectivity index (χ0n) is 16.2. The Bertz CT molecular complexity index is 1030.